The Morgan fingerprint density at radius 2 is 1.57 bits per heavy atom. The molecule has 2 aromatic rings. The van der Waals surface area contributed by atoms with Crippen LogP contribution in [0.25, 0.3) is 0 Å². The Balaban J connectivity index is 2.11. The van der Waals surface area contributed by atoms with Crippen LogP contribution in [0.4, 0.5) is 5.69 Å². The second-order valence-corrected chi connectivity index (χ2v) is 7.07. The topological polar surface area (TPSA) is 87.3 Å². The van der Waals surface area contributed by atoms with E-state index in [9.17, 15) is 14.4 Å². The van der Waals surface area contributed by atoms with Crippen LogP contribution in [0.5, 0.6) is 0 Å². The number of amides is 3. The number of nitrogens with one attached hydrogen (secondary N) is 3. The van der Waals surface area contributed by atoms with Crippen molar-refractivity contribution in [3.8, 4) is 0 Å². The molecule has 0 saturated carbocycles. The molecule has 0 saturated heterocycles. The van der Waals surface area contributed by atoms with E-state index in [-0.39, 0.29) is 24.1 Å². The maximum Gasteiger partial charge on any atom is 0.253 e. The molecule has 0 radical (unpaired) electrons. The first kappa shape index (κ1) is 21.2. The molecule has 28 heavy (non-hydrogen) atoms. The zero-order chi connectivity index (χ0) is 20.5. The number of para-hydroxylation sites is 1. The molecule has 6 heteroatoms. The zero-order valence-corrected chi connectivity index (χ0v) is 16.5. The van der Waals surface area contributed by atoms with Gasteiger partial charge in [-0.3, -0.25) is 14.4 Å². The fourth-order valence-electron chi connectivity index (χ4n) is 2.75. The predicted molar refractivity (Wildman–Crippen MR) is 110 cm³/mol. The van der Waals surface area contributed by atoms with Crippen molar-refractivity contribution in [1.82, 2.24) is 10.6 Å². The number of anilines is 1. The maximum atomic E-state index is 12.6. The lowest BCUT2D eigenvalue weighted by Gasteiger charge is -2.19. The van der Waals surface area contributed by atoms with Gasteiger partial charge in [0.05, 0.1) is 23.7 Å². The van der Waals surface area contributed by atoms with Crippen LogP contribution in [-0.2, 0) is 9.59 Å². The molecular formula is C22H27N3O3. The molecule has 6 nitrogen and oxygen atoms in total. The first-order valence-corrected chi connectivity index (χ1v) is 9.36. The minimum atomic E-state index is -0.444. The van der Waals surface area contributed by atoms with Crippen LogP contribution >= 0.6 is 0 Å². The van der Waals surface area contributed by atoms with Gasteiger partial charge in [-0.1, -0.05) is 56.3 Å². The van der Waals surface area contributed by atoms with Gasteiger partial charge in [0.1, 0.15) is 0 Å². The quantitative estimate of drug-likeness (QED) is 0.656. The molecular weight excluding hydrogens is 354 g/mol. The first-order valence-electron chi connectivity index (χ1n) is 9.36. The molecule has 0 heterocycles. The largest absolute Gasteiger partial charge is 0.352 e. The van der Waals surface area contributed by atoms with Crippen molar-refractivity contribution < 1.29 is 14.4 Å². The van der Waals surface area contributed by atoms with Gasteiger partial charge in [0.25, 0.3) is 5.91 Å². The molecule has 2 rings (SSSR count). The van der Waals surface area contributed by atoms with E-state index in [1.165, 1.54) is 6.92 Å². The van der Waals surface area contributed by atoms with Crippen molar-refractivity contribution in [1.29, 1.82) is 0 Å². The summed E-state index contributed by atoms with van der Waals surface area (Å²) in [4.78, 5) is 36.6. The minimum Gasteiger partial charge on any atom is -0.352 e. The molecule has 2 aromatic carbocycles. The normalized spacial score (nSPS) is 11.6. The van der Waals surface area contributed by atoms with Crippen LogP contribution in [0, 0.1) is 5.92 Å². The summed E-state index contributed by atoms with van der Waals surface area (Å²) in [6.45, 7) is 6.00. The van der Waals surface area contributed by atoms with Crippen molar-refractivity contribution in [3.05, 3.63) is 65.7 Å². The number of benzene rings is 2. The zero-order valence-electron chi connectivity index (χ0n) is 16.5. The van der Waals surface area contributed by atoms with Crippen molar-refractivity contribution >= 4 is 23.4 Å². The van der Waals surface area contributed by atoms with Gasteiger partial charge >= 0.3 is 0 Å². The van der Waals surface area contributed by atoms with Gasteiger partial charge in [0.15, 0.2) is 0 Å². The first-order chi connectivity index (χ1) is 13.4. The highest BCUT2D eigenvalue weighted by atomic mass is 16.2. The van der Waals surface area contributed by atoms with Gasteiger partial charge in [-0.25, -0.2) is 0 Å². The van der Waals surface area contributed by atoms with Crippen LogP contribution < -0.4 is 16.0 Å². The number of carbonyl (C=O) groups is 3. The predicted octanol–water partition coefficient (Wildman–Crippen LogP) is 3.28. The molecule has 0 aliphatic rings. The highest BCUT2D eigenvalue weighted by Crippen LogP contribution is 2.20. The number of carbonyl (C=O) groups excluding carboxylic acids is 3. The SMILES string of the molecule is CC(=O)NC(CC(=O)Nc1ccccc1C(=O)NCC(C)C)c1ccccc1. The van der Waals surface area contributed by atoms with Gasteiger partial charge in [0, 0.05) is 13.5 Å². The Morgan fingerprint density at radius 3 is 2.21 bits per heavy atom. The Kier molecular flexibility index (Phi) is 7.75. The third-order valence-corrected chi connectivity index (χ3v) is 4.09. The van der Waals surface area contributed by atoms with E-state index >= 15 is 0 Å². The lowest BCUT2D eigenvalue weighted by Crippen LogP contribution is -2.31. The average Bonchev–Trinajstić information content (AvgIpc) is 2.66. The minimum absolute atomic E-state index is 0.0611. The molecule has 0 aliphatic carbocycles. The van der Waals surface area contributed by atoms with E-state index in [4.69, 9.17) is 0 Å². The molecule has 0 spiro atoms. The van der Waals surface area contributed by atoms with Gasteiger partial charge in [-0.05, 0) is 23.6 Å². The molecule has 1 atom stereocenters. The Bertz CT molecular complexity index is 819. The summed E-state index contributed by atoms with van der Waals surface area (Å²) in [6, 6.07) is 15.8. The third-order valence-electron chi connectivity index (χ3n) is 4.09. The van der Waals surface area contributed by atoms with Crippen molar-refractivity contribution in [2.75, 3.05) is 11.9 Å². The van der Waals surface area contributed by atoms with Crippen molar-refractivity contribution in [2.45, 2.75) is 33.2 Å². The fourth-order valence-corrected chi connectivity index (χ4v) is 2.75. The van der Waals surface area contributed by atoms with E-state index < -0.39 is 6.04 Å². The molecule has 0 fully saturated rings. The number of hydrogen-bond donors (Lipinski definition) is 3. The van der Waals surface area contributed by atoms with Crippen LogP contribution in [0.1, 0.15) is 49.2 Å². The summed E-state index contributed by atoms with van der Waals surface area (Å²) in [5, 5.41) is 8.46. The van der Waals surface area contributed by atoms with E-state index in [1.54, 1.807) is 24.3 Å². The number of rotatable bonds is 8. The van der Waals surface area contributed by atoms with E-state index in [1.807, 2.05) is 44.2 Å². The Hall–Kier alpha value is -3.15. The van der Waals surface area contributed by atoms with E-state index in [0.29, 0.717) is 23.7 Å². The lowest BCUT2D eigenvalue weighted by molar-refractivity contribution is -0.120. The third kappa shape index (κ3) is 6.54. The summed E-state index contributed by atoms with van der Waals surface area (Å²) in [5.41, 5.74) is 1.70. The number of hydrogen-bond acceptors (Lipinski definition) is 3. The van der Waals surface area contributed by atoms with Crippen LogP contribution in [-0.4, -0.2) is 24.3 Å². The molecule has 1 unspecified atom stereocenters. The maximum absolute atomic E-state index is 12.6. The van der Waals surface area contributed by atoms with Gasteiger partial charge in [-0.2, -0.15) is 0 Å². The average molecular weight is 381 g/mol. The van der Waals surface area contributed by atoms with Gasteiger partial charge in [0.2, 0.25) is 11.8 Å². The highest BCUT2D eigenvalue weighted by Gasteiger charge is 2.19. The molecule has 0 aliphatic heterocycles. The monoisotopic (exact) mass is 381 g/mol. The Labute approximate surface area is 165 Å². The van der Waals surface area contributed by atoms with E-state index in [2.05, 4.69) is 16.0 Å². The molecule has 3 amide bonds. The van der Waals surface area contributed by atoms with Crippen LogP contribution in [0.15, 0.2) is 54.6 Å². The van der Waals surface area contributed by atoms with Crippen LogP contribution in [0.3, 0.4) is 0 Å². The van der Waals surface area contributed by atoms with Crippen molar-refractivity contribution in [3.63, 3.8) is 0 Å². The Morgan fingerprint density at radius 1 is 0.929 bits per heavy atom. The smallest absolute Gasteiger partial charge is 0.253 e. The molecule has 3 N–H and O–H groups in total. The van der Waals surface area contributed by atoms with Gasteiger partial charge in [-0.15, -0.1) is 0 Å². The summed E-state index contributed by atoms with van der Waals surface area (Å²) in [6.07, 6.45) is 0.0611. The highest BCUT2D eigenvalue weighted by molar-refractivity contribution is 6.03. The van der Waals surface area contributed by atoms with Crippen LogP contribution in [0.2, 0.25) is 0 Å². The molecule has 148 valence electrons. The summed E-state index contributed by atoms with van der Waals surface area (Å²) in [5.74, 6) is -0.400. The van der Waals surface area contributed by atoms with E-state index in [0.717, 1.165) is 5.56 Å². The fraction of sp³-hybridized carbons (Fsp3) is 0.318. The summed E-state index contributed by atoms with van der Waals surface area (Å²) >= 11 is 0. The van der Waals surface area contributed by atoms with Gasteiger partial charge < -0.3 is 16.0 Å². The summed E-state index contributed by atoms with van der Waals surface area (Å²) < 4.78 is 0. The molecule has 0 aromatic heterocycles. The lowest BCUT2D eigenvalue weighted by atomic mass is 10.0. The molecule has 0 bridgehead atoms. The summed E-state index contributed by atoms with van der Waals surface area (Å²) in [7, 11) is 0. The van der Waals surface area contributed by atoms with Crippen molar-refractivity contribution in [2.24, 2.45) is 5.92 Å². The second-order valence-electron chi connectivity index (χ2n) is 7.07. The standard InChI is InChI=1S/C22H27N3O3/c1-15(2)14-23-22(28)18-11-7-8-12-19(18)25-21(27)13-20(24-16(3)26)17-9-5-4-6-10-17/h4-12,15,20H,13-14H2,1-3H3,(H,23,28)(H,24,26)(H,25,27). The second kappa shape index (κ2) is 10.3.